The third-order valence-corrected chi connectivity index (χ3v) is 4.80. The first-order chi connectivity index (χ1) is 8.09. The van der Waals surface area contributed by atoms with Crippen LogP contribution in [-0.2, 0) is 6.42 Å². The van der Waals surface area contributed by atoms with E-state index in [4.69, 9.17) is 0 Å². The third kappa shape index (κ3) is 2.82. The van der Waals surface area contributed by atoms with Gasteiger partial charge in [0.2, 0.25) is 0 Å². The van der Waals surface area contributed by atoms with E-state index >= 15 is 0 Å². The number of aryl methyl sites for hydroxylation is 2. The standard InChI is InChI=1S/C14H20BrNO/c1-9-12(8-11-6-4-3-5-7-11)14(17)13(15)10(2)16-9/h11H,3-8H2,1-2H3,(H,16,17). The van der Waals surface area contributed by atoms with Gasteiger partial charge in [0.15, 0.2) is 5.43 Å². The molecule has 1 fully saturated rings. The summed E-state index contributed by atoms with van der Waals surface area (Å²) in [6.45, 7) is 3.95. The van der Waals surface area contributed by atoms with Crippen LogP contribution >= 0.6 is 15.9 Å². The number of H-pyrrole nitrogens is 1. The van der Waals surface area contributed by atoms with Gasteiger partial charge in [-0.1, -0.05) is 32.1 Å². The SMILES string of the molecule is Cc1[nH]c(C)c(CC2CCCCC2)c(=O)c1Br. The average molecular weight is 298 g/mol. The van der Waals surface area contributed by atoms with Crippen molar-refractivity contribution in [2.75, 3.05) is 0 Å². The maximum atomic E-state index is 12.2. The van der Waals surface area contributed by atoms with Crippen molar-refractivity contribution in [3.8, 4) is 0 Å². The van der Waals surface area contributed by atoms with Crippen LogP contribution in [0.2, 0.25) is 0 Å². The van der Waals surface area contributed by atoms with Crippen molar-refractivity contribution in [2.45, 2.75) is 52.4 Å². The van der Waals surface area contributed by atoms with Gasteiger partial charge in [-0.05, 0) is 42.1 Å². The van der Waals surface area contributed by atoms with Crippen molar-refractivity contribution in [2.24, 2.45) is 5.92 Å². The monoisotopic (exact) mass is 297 g/mol. The molecule has 0 saturated heterocycles. The van der Waals surface area contributed by atoms with Crippen molar-refractivity contribution >= 4 is 15.9 Å². The zero-order valence-electron chi connectivity index (χ0n) is 10.6. The molecule has 0 bridgehead atoms. The number of hydrogen-bond acceptors (Lipinski definition) is 1. The van der Waals surface area contributed by atoms with Crippen LogP contribution in [-0.4, -0.2) is 4.98 Å². The number of pyridine rings is 1. The molecular formula is C14H20BrNO. The fourth-order valence-electron chi connectivity index (χ4n) is 2.81. The van der Waals surface area contributed by atoms with Gasteiger partial charge in [-0.25, -0.2) is 0 Å². The first-order valence-electron chi connectivity index (χ1n) is 6.47. The van der Waals surface area contributed by atoms with Crippen LogP contribution in [0.3, 0.4) is 0 Å². The Bertz CT molecular complexity index is 458. The number of aromatic nitrogens is 1. The molecule has 1 N–H and O–H groups in total. The van der Waals surface area contributed by atoms with E-state index in [0.29, 0.717) is 10.4 Å². The summed E-state index contributed by atoms with van der Waals surface area (Å²) in [5.41, 5.74) is 3.14. The predicted octanol–water partition coefficient (Wildman–Crippen LogP) is 3.88. The largest absolute Gasteiger partial charge is 0.361 e. The minimum Gasteiger partial charge on any atom is -0.361 e. The molecule has 0 aromatic carbocycles. The lowest BCUT2D eigenvalue weighted by atomic mass is 9.84. The first-order valence-corrected chi connectivity index (χ1v) is 7.26. The number of aromatic amines is 1. The van der Waals surface area contributed by atoms with Gasteiger partial charge in [-0.2, -0.15) is 0 Å². The molecule has 2 rings (SSSR count). The van der Waals surface area contributed by atoms with E-state index in [1.165, 1.54) is 32.1 Å². The summed E-state index contributed by atoms with van der Waals surface area (Å²) in [7, 11) is 0. The maximum Gasteiger partial charge on any atom is 0.199 e. The van der Waals surface area contributed by atoms with Crippen molar-refractivity contribution in [3.05, 3.63) is 31.6 Å². The molecular weight excluding hydrogens is 278 g/mol. The normalized spacial score (nSPS) is 17.4. The Labute approximate surface area is 111 Å². The lowest BCUT2D eigenvalue weighted by molar-refractivity contribution is 0.355. The molecule has 1 saturated carbocycles. The molecule has 3 heteroatoms. The fourth-order valence-corrected chi connectivity index (χ4v) is 3.15. The Morgan fingerprint density at radius 1 is 1.18 bits per heavy atom. The van der Waals surface area contributed by atoms with E-state index in [2.05, 4.69) is 20.9 Å². The molecule has 1 aromatic rings. The van der Waals surface area contributed by atoms with Gasteiger partial charge in [0, 0.05) is 17.0 Å². The van der Waals surface area contributed by atoms with E-state index < -0.39 is 0 Å². The Balaban J connectivity index is 2.26. The van der Waals surface area contributed by atoms with Crippen molar-refractivity contribution in [1.29, 1.82) is 0 Å². The highest BCUT2D eigenvalue weighted by atomic mass is 79.9. The Morgan fingerprint density at radius 2 is 1.82 bits per heavy atom. The lowest BCUT2D eigenvalue weighted by Crippen LogP contribution is -2.20. The van der Waals surface area contributed by atoms with E-state index in [-0.39, 0.29) is 5.43 Å². The molecule has 94 valence electrons. The molecule has 1 heterocycles. The second kappa shape index (κ2) is 5.38. The summed E-state index contributed by atoms with van der Waals surface area (Å²) in [6.07, 6.45) is 7.53. The maximum absolute atomic E-state index is 12.2. The van der Waals surface area contributed by atoms with Gasteiger partial charge < -0.3 is 4.98 Å². The highest BCUT2D eigenvalue weighted by molar-refractivity contribution is 9.10. The zero-order chi connectivity index (χ0) is 12.4. The molecule has 2 nitrogen and oxygen atoms in total. The molecule has 1 aliphatic carbocycles. The molecule has 17 heavy (non-hydrogen) atoms. The van der Waals surface area contributed by atoms with Crippen molar-refractivity contribution in [3.63, 3.8) is 0 Å². The molecule has 0 amide bonds. The number of hydrogen-bond donors (Lipinski definition) is 1. The minimum atomic E-state index is 0.185. The Hall–Kier alpha value is -0.570. The van der Waals surface area contributed by atoms with Gasteiger partial charge >= 0.3 is 0 Å². The summed E-state index contributed by atoms with van der Waals surface area (Å²) in [6, 6.07) is 0. The van der Waals surface area contributed by atoms with E-state index in [0.717, 1.165) is 23.4 Å². The summed E-state index contributed by atoms with van der Waals surface area (Å²) >= 11 is 3.39. The van der Waals surface area contributed by atoms with Gasteiger partial charge in [0.1, 0.15) is 0 Å². The van der Waals surface area contributed by atoms with Crippen LogP contribution in [0.4, 0.5) is 0 Å². The molecule has 0 aliphatic heterocycles. The third-order valence-electron chi connectivity index (χ3n) is 3.85. The second-order valence-electron chi connectivity index (χ2n) is 5.20. The van der Waals surface area contributed by atoms with Gasteiger partial charge in [-0.15, -0.1) is 0 Å². The van der Waals surface area contributed by atoms with E-state index in [9.17, 15) is 4.79 Å². The molecule has 0 radical (unpaired) electrons. The summed E-state index contributed by atoms with van der Waals surface area (Å²) in [5, 5.41) is 0. The molecule has 1 aromatic heterocycles. The Morgan fingerprint density at radius 3 is 2.47 bits per heavy atom. The quantitative estimate of drug-likeness (QED) is 0.883. The summed E-state index contributed by atoms with van der Waals surface area (Å²) in [4.78, 5) is 15.5. The summed E-state index contributed by atoms with van der Waals surface area (Å²) < 4.78 is 0.703. The first kappa shape index (κ1) is 12.9. The van der Waals surface area contributed by atoms with Crippen LogP contribution in [0, 0.1) is 19.8 Å². The lowest BCUT2D eigenvalue weighted by Gasteiger charge is -2.22. The Kier molecular flexibility index (Phi) is 4.08. The van der Waals surface area contributed by atoms with Gasteiger partial charge in [0.25, 0.3) is 0 Å². The second-order valence-corrected chi connectivity index (χ2v) is 6.00. The van der Waals surface area contributed by atoms with Crippen molar-refractivity contribution < 1.29 is 0 Å². The van der Waals surface area contributed by atoms with Crippen LogP contribution in [0.25, 0.3) is 0 Å². The van der Waals surface area contributed by atoms with Crippen LogP contribution in [0.15, 0.2) is 9.27 Å². The molecule has 1 aliphatic rings. The number of rotatable bonds is 2. The minimum absolute atomic E-state index is 0.185. The van der Waals surface area contributed by atoms with E-state index in [1.807, 2.05) is 13.8 Å². The highest BCUT2D eigenvalue weighted by Crippen LogP contribution is 2.27. The van der Waals surface area contributed by atoms with Crippen molar-refractivity contribution in [1.82, 2.24) is 4.98 Å². The predicted molar refractivity (Wildman–Crippen MR) is 74.5 cm³/mol. The smallest absolute Gasteiger partial charge is 0.199 e. The number of nitrogens with one attached hydrogen (secondary N) is 1. The molecule has 0 unspecified atom stereocenters. The van der Waals surface area contributed by atoms with Crippen LogP contribution in [0.1, 0.15) is 49.1 Å². The van der Waals surface area contributed by atoms with Gasteiger partial charge in [0.05, 0.1) is 4.47 Å². The summed E-state index contributed by atoms with van der Waals surface area (Å²) in [5.74, 6) is 0.707. The van der Waals surface area contributed by atoms with Gasteiger partial charge in [-0.3, -0.25) is 4.79 Å². The topological polar surface area (TPSA) is 32.9 Å². The fraction of sp³-hybridized carbons (Fsp3) is 0.643. The van der Waals surface area contributed by atoms with Crippen LogP contribution in [0.5, 0.6) is 0 Å². The van der Waals surface area contributed by atoms with Crippen LogP contribution < -0.4 is 5.43 Å². The number of halogens is 1. The average Bonchev–Trinajstić information content (AvgIpc) is 2.33. The highest BCUT2D eigenvalue weighted by Gasteiger charge is 2.18. The molecule has 0 spiro atoms. The molecule has 0 atom stereocenters. The van der Waals surface area contributed by atoms with E-state index in [1.54, 1.807) is 0 Å². The zero-order valence-corrected chi connectivity index (χ0v) is 12.2.